The van der Waals surface area contributed by atoms with Crippen molar-refractivity contribution in [3.8, 4) is 5.75 Å². The maximum absolute atomic E-state index is 14.0. The quantitative estimate of drug-likeness (QED) is 0.424. The van der Waals surface area contributed by atoms with Crippen molar-refractivity contribution in [1.82, 2.24) is 9.80 Å². The minimum atomic E-state index is -4.90. The molecule has 1 N–H and O–H groups in total. The van der Waals surface area contributed by atoms with Gasteiger partial charge in [0.25, 0.3) is 5.91 Å². The van der Waals surface area contributed by atoms with E-state index in [0.29, 0.717) is 29.8 Å². The van der Waals surface area contributed by atoms with Crippen LogP contribution in [0.1, 0.15) is 32.6 Å². The van der Waals surface area contributed by atoms with Gasteiger partial charge in [0.1, 0.15) is 11.6 Å². The second-order valence-corrected chi connectivity index (χ2v) is 9.41. The molecule has 1 aliphatic heterocycles. The summed E-state index contributed by atoms with van der Waals surface area (Å²) in [6.07, 6.45) is -7.20. The first kappa shape index (κ1) is 28.1. The molecule has 3 aromatic rings. The van der Waals surface area contributed by atoms with Crippen LogP contribution in [-0.2, 0) is 30.7 Å². The van der Waals surface area contributed by atoms with E-state index in [1.807, 2.05) is 0 Å². The molecule has 1 atom stereocenters. The van der Waals surface area contributed by atoms with E-state index in [-0.39, 0.29) is 36.5 Å². The van der Waals surface area contributed by atoms with Gasteiger partial charge in [0, 0.05) is 25.2 Å². The van der Waals surface area contributed by atoms with Gasteiger partial charge in [-0.2, -0.15) is 13.2 Å². The van der Waals surface area contributed by atoms with Crippen molar-refractivity contribution in [1.29, 1.82) is 0 Å². The first-order chi connectivity index (χ1) is 18.5. The predicted octanol–water partition coefficient (Wildman–Crippen LogP) is 4.53. The van der Waals surface area contributed by atoms with E-state index < -0.39 is 30.5 Å². The summed E-state index contributed by atoms with van der Waals surface area (Å²) >= 11 is 0. The number of methoxy groups -OCH3 is 1. The van der Waals surface area contributed by atoms with E-state index in [4.69, 9.17) is 4.74 Å². The van der Waals surface area contributed by atoms with Crippen LogP contribution in [0.3, 0.4) is 0 Å². The summed E-state index contributed by atoms with van der Waals surface area (Å²) < 4.78 is 58.6. The Bertz CT molecular complexity index is 1330. The number of amides is 2. The van der Waals surface area contributed by atoms with Crippen molar-refractivity contribution >= 4 is 11.8 Å². The van der Waals surface area contributed by atoms with Gasteiger partial charge in [-0.1, -0.05) is 36.4 Å². The molecule has 0 bridgehead atoms. The molecule has 1 heterocycles. The average Bonchev–Trinajstić information content (AvgIpc) is 2.92. The lowest BCUT2D eigenvalue weighted by Crippen LogP contribution is -2.43. The van der Waals surface area contributed by atoms with Gasteiger partial charge in [0.05, 0.1) is 20.1 Å². The Kier molecular flexibility index (Phi) is 8.54. The smallest absolute Gasteiger partial charge is 0.416 e. The van der Waals surface area contributed by atoms with Crippen molar-refractivity contribution < 1.29 is 37.0 Å². The fourth-order valence-electron chi connectivity index (χ4n) is 4.48. The highest BCUT2D eigenvalue weighted by Gasteiger charge is 2.40. The Labute approximate surface area is 223 Å². The zero-order valence-corrected chi connectivity index (χ0v) is 21.2. The lowest BCUT2D eigenvalue weighted by atomic mass is 9.96. The van der Waals surface area contributed by atoms with E-state index in [9.17, 15) is 32.3 Å². The lowest BCUT2D eigenvalue weighted by molar-refractivity contribution is -0.206. The number of hydrogen-bond donors (Lipinski definition) is 1. The summed E-state index contributed by atoms with van der Waals surface area (Å²) in [5.41, 5.74) is 2.59. The number of rotatable bonds is 8. The molecule has 10 heteroatoms. The molecule has 2 amide bonds. The molecule has 0 spiro atoms. The highest BCUT2D eigenvalue weighted by molar-refractivity contribution is 5.94. The predicted molar refractivity (Wildman–Crippen MR) is 135 cm³/mol. The summed E-state index contributed by atoms with van der Waals surface area (Å²) in [5.74, 6) is -0.867. The normalized spacial score (nSPS) is 13.9. The van der Waals surface area contributed by atoms with Crippen LogP contribution in [0.2, 0.25) is 0 Å². The number of aliphatic hydroxyl groups excluding tert-OH is 1. The van der Waals surface area contributed by atoms with Crippen LogP contribution < -0.4 is 4.74 Å². The Morgan fingerprint density at radius 2 is 1.77 bits per heavy atom. The van der Waals surface area contributed by atoms with Gasteiger partial charge >= 0.3 is 6.18 Å². The van der Waals surface area contributed by atoms with Crippen LogP contribution in [0, 0.1) is 5.82 Å². The Morgan fingerprint density at radius 3 is 2.44 bits per heavy atom. The standard InChI is InChI=1S/C29H28F4N2O4/c1-39-24-10-6-19(7-11-24)16-35(18-26(36)29(31,32)33)28(38)22-9-8-20-12-13-34(17-23(20)14-22)27(37)15-21-4-2-3-5-25(21)30/h2-11,14,26,36H,12-13,15-18H2,1H3. The van der Waals surface area contributed by atoms with Crippen molar-refractivity contribution in [2.75, 3.05) is 20.2 Å². The molecule has 0 fully saturated rings. The van der Waals surface area contributed by atoms with Crippen LogP contribution in [0.25, 0.3) is 0 Å². The second-order valence-electron chi connectivity index (χ2n) is 9.41. The van der Waals surface area contributed by atoms with E-state index in [0.717, 1.165) is 10.5 Å². The zero-order chi connectivity index (χ0) is 28.2. The topological polar surface area (TPSA) is 70.1 Å². The number of nitrogens with zero attached hydrogens (tertiary/aromatic N) is 2. The summed E-state index contributed by atoms with van der Waals surface area (Å²) in [6, 6.07) is 17.4. The largest absolute Gasteiger partial charge is 0.497 e. The molecule has 0 radical (unpaired) electrons. The molecule has 3 aromatic carbocycles. The Balaban J connectivity index is 1.53. The number of halogens is 4. The summed E-state index contributed by atoms with van der Waals surface area (Å²) in [5, 5.41) is 9.73. The molecule has 206 valence electrons. The first-order valence-electron chi connectivity index (χ1n) is 12.3. The number of aliphatic hydroxyl groups is 1. The minimum absolute atomic E-state index is 0.106. The Morgan fingerprint density at radius 1 is 1.05 bits per heavy atom. The summed E-state index contributed by atoms with van der Waals surface area (Å²) in [7, 11) is 1.48. The first-order valence-corrected chi connectivity index (χ1v) is 12.3. The molecule has 0 aliphatic carbocycles. The van der Waals surface area contributed by atoms with E-state index in [1.54, 1.807) is 65.6 Å². The van der Waals surface area contributed by atoms with Crippen molar-refractivity contribution in [3.63, 3.8) is 0 Å². The number of carbonyl (C=O) groups excluding carboxylic acids is 2. The van der Waals surface area contributed by atoms with Gasteiger partial charge in [-0.15, -0.1) is 0 Å². The molecule has 0 saturated heterocycles. The number of carbonyl (C=O) groups is 2. The van der Waals surface area contributed by atoms with E-state index in [2.05, 4.69) is 0 Å². The van der Waals surface area contributed by atoms with Crippen LogP contribution in [0.4, 0.5) is 17.6 Å². The molecule has 0 aromatic heterocycles. The fraction of sp³-hybridized carbons (Fsp3) is 0.310. The van der Waals surface area contributed by atoms with Crippen molar-refractivity contribution in [2.45, 2.75) is 38.2 Å². The van der Waals surface area contributed by atoms with E-state index in [1.165, 1.54) is 13.2 Å². The SMILES string of the molecule is COc1ccc(CN(CC(O)C(F)(F)F)C(=O)c2ccc3c(c2)CN(C(=O)Cc2ccccc2F)CC3)cc1. The van der Waals surface area contributed by atoms with Gasteiger partial charge in [-0.05, 0) is 59.0 Å². The molecule has 6 nitrogen and oxygen atoms in total. The van der Waals surface area contributed by atoms with Crippen LogP contribution in [0.5, 0.6) is 5.75 Å². The second kappa shape index (κ2) is 11.9. The third kappa shape index (κ3) is 6.94. The van der Waals surface area contributed by atoms with Gasteiger partial charge in [-0.25, -0.2) is 4.39 Å². The molecule has 39 heavy (non-hydrogen) atoms. The van der Waals surface area contributed by atoms with Gasteiger partial charge in [0.2, 0.25) is 5.91 Å². The highest BCUT2D eigenvalue weighted by atomic mass is 19.4. The minimum Gasteiger partial charge on any atom is -0.497 e. The molecule has 0 saturated carbocycles. The van der Waals surface area contributed by atoms with Crippen molar-refractivity contribution in [3.05, 3.63) is 100 Å². The molecule has 1 unspecified atom stereocenters. The number of alkyl halides is 3. The maximum atomic E-state index is 14.0. The van der Waals surface area contributed by atoms with Crippen LogP contribution in [-0.4, -0.2) is 59.2 Å². The summed E-state index contributed by atoms with van der Waals surface area (Å²) in [6.45, 7) is -0.499. The van der Waals surface area contributed by atoms with Gasteiger partial charge < -0.3 is 19.6 Å². The Hall–Kier alpha value is -3.92. The summed E-state index contributed by atoms with van der Waals surface area (Å²) in [4.78, 5) is 28.8. The number of benzene rings is 3. The zero-order valence-electron chi connectivity index (χ0n) is 21.2. The molecular formula is C29H28F4N2O4. The van der Waals surface area contributed by atoms with Crippen LogP contribution in [0.15, 0.2) is 66.7 Å². The fourth-order valence-corrected chi connectivity index (χ4v) is 4.48. The average molecular weight is 545 g/mol. The highest BCUT2D eigenvalue weighted by Crippen LogP contribution is 2.25. The number of hydrogen-bond acceptors (Lipinski definition) is 4. The van der Waals surface area contributed by atoms with E-state index >= 15 is 0 Å². The third-order valence-electron chi connectivity index (χ3n) is 6.71. The third-order valence-corrected chi connectivity index (χ3v) is 6.71. The van der Waals surface area contributed by atoms with Crippen molar-refractivity contribution in [2.24, 2.45) is 0 Å². The number of ether oxygens (including phenoxy) is 1. The lowest BCUT2D eigenvalue weighted by Gasteiger charge is -2.30. The molecule has 1 aliphatic rings. The molecule has 4 rings (SSSR count). The maximum Gasteiger partial charge on any atom is 0.416 e. The monoisotopic (exact) mass is 544 g/mol. The number of fused-ring (bicyclic) bond motifs is 1. The van der Waals surface area contributed by atoms with Crippen LogP contribution >= 0.6 is 0 Å². The van der Waals surface area contributed by atoms with Gasteiger partial charge in [0.15, 0.2) is 6.10 Å². The van der Waals surface area contributed by atoms with Gasteiger partial charge in [-0.3, -0.25) is 9.59 Å². The molecular weight excluding hydrogens is 516 g/mol.